The Morgan fingerprint density at radius 2 is 1.88 bits per heavy atom. The molecule has 1 atom stereocenters. The summed E-state index contributed by atoms with van der Waals surface area (Å²) in [7, 11) is 1.36. The van der Waals surface area contributed by atoms with E-state index in [0.717, 1.165) is 49.1 Å². The number of esters is 1. The van der Waals surface area contributed by atoms with E-state index in [1.807, 2.05) is 29.6 Å². The van der Waals surface area contributed by atoms with Gasteiger partial charge >= 0.3 is 12.0 Å². The van der Waals surface area contributed by atoms with Crippen LogP contribution in [0.1, 0.15) is 16.5 Å². The molecule has 33 heavy (non-hydrogen) atoms. The van der Waals surface area contributed by atoms with Crippen LogP contribution < -0.4 is 20.1 Å². The molecular formula is C23H26N4O5S. The first-order valence-electron chi connectivity index (χ1n) is 10.9. The molecule has 2 N–H and O–H groups in total. The maximum Gasteiger partial charge on any atom is 0.338 e. The Morgan fingerprint density at radius 1 is 1.12 bits per heavy atom. The highest BCUT2D eigenvalue weighted by atomic mass is 32.1. The van der Waals surface area contributed by atoms with Crippen LogP contribution in [0, 0.1) is 0 Å². The molecule has 3 aliphatic rings. The average molecular weight is 471 g/mol. The lowest BCUT2D eigenvalue weighted by atomic mass is 10.0. The van der Waals surface area contributed by atoms with E-state index >= 15 is 0 Å². The topological polar surface area (TPSA) is 92.4 Å². The highest BCUT2D eigenvalue weighted by Crippen LogP contribution is 2.33. The number of ether oxygens (including phenoxy) is 3. The quantitative estimate of drug-likeness (QED) is 0.625. The third kappa shape index (κ3) is 4.68. The molecule has 1 aromatic carbocycles. The number of carbonyl (C=O) groups excluding carboxylic acids is 2. The summed E-state index contributed by atoms with van der Waals surface area (Å²) in [5.41, 5.74) is 2.25. The third-order valence-electron chi connectivity index (χ3n) is 6.08. The molecule has 0 bridgehead atoms. The van der Waals surface area contributed by atoms with E-state index in [9.17, 15) is 9.59 Å². The van der Waals surface area contributed by atoms with Crippen LogP contribution in [0.4, 0.5) is 4.79 Å². The van der Waals surface area contributed by atoms with Crippen LogP contribution >= 0.6 is 11.3 Å². The summed E-state index contributed by atoms with van der Waals surface area (Å²) in [6.07, 6.45) is 0. The molecule has 2 aromatic rings. The monoisotopic (exact) mass is 470 g/mol. The summed E-state index contributed by atoms with van der Waals surface area (Å²) >= 11 is 1.50. The molecule has 174 valence electrons. The second-order valence-corrected chi connectivity index (χ2v) is 9.15. The van der Waals surface area contributed by atoms with Crippen LogP contribution in [0.3, 0.4) is 0 Å². The fourth-order valence-corrected chi connectivity index (χ4v) is 5.17. The molecule has 3 aliphatic heterocycles. The highest BCUT2D eigenvalue weighted by molar-refractivity contribution is 7.10. The van der Waals surface area contributed by atoms with Crippen molar-refractivity contribution in [1.82, 2.24) is 20.4 Å². The molecule has 0 radical (unpaired) electrons. The van der Waals surface area contributed by atoms with Crippen molar-refractivity contribution in [3.05, 3.63) is 57.4 Å². The Bertz CT molecular complexity index is 1060. The van der Waals surface area contributed by atoms with Crippen LogP contribution in [0.2, 0.25) is 0 Å². The molecule has 4 heterocycles. The van der Waals surface area contributed by atoms with Gasteiger partial charge in [0.2, 0.25) is 6.79 Å². The van der Waals surface area contributed by atoms with E-state index in [4.69, 9.17) is 14.2 Å². The van der Waals surface area contributed by atoms with Gasteiger partial charge in [-0.15, -0.1) is 11.3 Å². The maximum atomic E-state index is 12.7. The van der Waals surface area contributed by atoms with Crippen LogP contribution in [0.5, 0.6) is 11.5 Å². The van der Waals surface area contributed by atoms with Gasteiger partial charge < -0.3 is 24.8 Å². The number of piperazine rings is 1. The van der Waals surface area contributed by atoms with E-state index in [1.165, 1.54) is 24.0 Å². The molecule has 1 saturated heterocycles. The standard InChI is InChI=1S/C23H26N4O5S/c1-30-22(28)20-16(24-23(29)25-21(20)19-3-2-10-33-19)13-27-8-6-26(7-9-27)12-15-4-5-17-18(11-15)32-14-31-17/h2-5,10-11,21H,6-9,12-14H2,1H3,(H2,24,25,29)/t21-/m1/s1. The zero-order valence-electron chi connectivity index (χ0n) is 18.3. The van der Waals surface area contributed by atoms with Crippen molar-refractivity contribution in [3.63, 3.8) is 0 Å². The van der Waals surface area contributed by atoms with Gasteiger partial charge in [0.1, 0.15) is 0 Å². The van der Waals surface area contributed by atoms with Gasteiger partial charge in [-0.05, 0) is 29.1 Å². The van der Waals surface area contributed by atoms with E-state index in [0.29, 0.717) is 17.8 Å². The number of amides is 2. The number of hydrogen-bond acceptors (Lipinski definition) is 8. The summed E-state index contributed by atoms with van der Waals surface area (Å²) in [5.74, 6) is 1.16. The molecule has 2 amide bonds. The lowest BCUT2D eigenvalue weighted by Crippen LogP contribution is -2.51. The van der Waals surface area contributed by atoms with Crippen molar-refractivity contribution >= 4 is 23.3 Å². The number of nitrogens with one attached hydrogen (secondary N) is 2. The summed E-state index contributed by atoms with van der Waals surface area (Å²) in [5, 5.41) is 7.64. The van der Waals surface area contributed by atoms with Crippen molar-refractivity contribution in [2.75, 3.05) is 46.6 Å². The fourth-order valence-electron chi connectivity index (χ4n) is 4.39. The lowest BCUT2D eigenvalue weighted by Gasteiger charge is -2.36. The first kappa shape index (κ1) is 21.7. The van der Waals surface area contributed by atoms with Crippen molar-refractivity contribution in [3.8, 4) is 11.5 Å². The number of urea groups is 1. The van der Waals surface area contributed by atoms with Crippen LogP contribution in [0.15, 0.2) is 47.0 Å². The van der Waals surface area contributed by atoms with E-state index in [-0.39, 0.29) is 12.8 Å². The number of methoxy groups -OCH3 is 1. The molecule has 9 nitrogen and oxygen atoms in total. The van der Waals surface area contributed by atoms with Gasteiger partial charge in [-0.2, -0.15) is 0 Å². The second-order valence-electron chi connectivity index (χ2n) is 8.17. The lowest BCUT2D eigenvalue weighted by molar-refractivity contribution is -0.136. The molecule has 1 aromatic heterocycles. The maximum absolute atomic E-state index is 12.7. The highest BCUT2D eigenvalue weighted by Gasteiger charge is 2.35. The largest absolute Gasteiger partial charge is 0.466 e. The van der Waals surface area contributed by atoms with Crippen molar-refractivity contribution in [2.24, 2.45) is 0 Å². The third-order valence-corrected chi connectivity index (χ3v) is 7.01. The Balaban J connectivity index is 1.25. The van der Waals surface area contributed by atoms with Gasteiger partial charge in [-0.1, -0.05) is 12.1 Å². The Hall–Kier alpha value is -3.08. The van der Waals surface area contributed by atoms with Crippen molar-refractivity contribution in [1.29, 1.82) is 0 Å². The predicted molar refractivity (Wildman–Crippen MR) is 122 cm³/mol. The normalized spacial score (nSPS) is 21.0. The van der Waals surface area contributed by atoms with Crippen LogP contribution in [0.25, 0.3) is 0 Å². The molecular weight excluding hydrogens is 444 g/mol. The Kier molecular flexibility index (Phi) is 6.21. The molecule has 10 heteroatoms. The van der Waals surface area contributed by atoms with Crippen LogP contribution in [-0.2, 0) is 16.1 Å². The SMILES string of the molecule is COC(=O)C1=C(CN2CCN(Cc3ccc4c(c3)OCO4)CC2)NC(=O)N[C@@H]1c1cccs1. The van der Waals surface area contributed by atoms with E-state index in [1.54, 1.807) is 0 Å². The fraction of sp³-hybridized carbons (Fsp3) is 0.391. The first-order valence-corrected chi connectivity index (χ1v) is 11.7. The van der Waals surface area contributed by atoms with E-state index in [2.05, 4.69) is 26.5 Å². The van der Waals surface area contributed by atoms with Crippen LogP contribution in [-0.4, -0.2) is 68.4 Å². The average Bonchev–Trinajstić information content (AvgIpc) is 3.51. The molecule has 0 saturated carbocycles. The molecule has 5 rings (SSSR count). The van der Waals surface area contributed by atoms with Crippen molar-refractivity contribution in [2.45, 2.75) is 12.6 Å². The molecule has 0 spiro atoms. The number of carbonyl (C=O) groups is 2. The number of rotatable bonds is 6. The van der Waals surface area contributed by atoms with Crippen molar-refractivity contribution < 1.29 is 23.8 Å². The zero-order valence-corrected chi connectivity index (χ0v) is 19.2. The molecule has 1 fully saturated rings. The van der Waals surface area contributed by atoms with E-state index < -0.39 is 12.0 Å². The van der Waals surface area contributed by atoms with Gasteiger partial charge in [0, 0.05) is 49.8 Å². The predicted octanol–water partition coefficient (Wildman–Crippen LogP) is 2.08. The summed E-state index contributed by atoms with van der Waals surface area (Å²) in [6, 6.07) is 9.07. The number of nitrogens with zero attached hydrogens (tertiary/aromatic N) is 2. The Morgan fingerprint density at radius 3 is 2.61 bits per heavy atom. The number of fused-ring (bicyclic) bond motifs is 1. The number of benzene rings is 1. The summed E-state index contributed by atoms with van der Waals surface area (Å²) in [4.78, 5) is 30.6. The smallest absolute Gasteiger partial charge is 0.338 e. The zero-order chi connectivity index (χ0) is 22.8. The van der Waals surface area contributed by atoms with Gasteiger partial charge in [0.05, 0.1) is 18.7 Å². The minimum absolute atomic E-state index is 0.278. The first-order chi connectivity index (χ1) is 16.1. The summed E-state index contributed by atoms with van der Waals surface area (Å²) < 4.78 is 15.9. The van der Waals surface area contributed by atoms with Gasteiger partial charge in [-0.3, -0.25) is 9.80 Å². The van der Waals surface area contributed by atoms with Gasteiger partial charge in [-0.25, -0.2) is 9.59 Å². The second kappa shape index (κ2) is 9.42. The Labute approximate surface area is 195 Å². The minimum Gasteiger partial charge on any atom is -0.466 e. The number of hydrogen-bond donors (Lipinski definition) is 2. The van der Waals surface area contributed by atoms with Gasteiger partial charge in [0.25, 0.3) is 0 Å². The number of thiophene rings is 1. The molecule has 0 unspecified atom stereocenters. The molecule has 0 aliphatic carbocycles. The van der Waals surface area contributed by atoms with Gasteiger partial charge in [0.15, 0.2) is 11.5 Å². The minimum atomic E-state index is -0.506. The summed E-state index contributed by atoms with van der Waals surface area (Å²) in [6.45, 7) is 5.02.